The van der Waals surface area contributed by atoms with Crippen LogP contribution >= 0.6 is 11.8 Å². The lowest BCUT2D eigenvalue weighted by Crippen LogP contribution is -2.65. The standard InChI is InChI=1S/C25H26F2N4O2S/c1-14(32)28-24-30-31(15(2)33)25(34-24)20-10-5-11-21(25)23(17-7-4-9-19(27)13-17)29-22(20)16-6-3-8-18(26)12-16/h3-4,6-9,12-13,20-23,29H,5,10-11H2,1-2H3,(H,28,30,32). The third-order valence-corrected chi connectivity index (χ3v) is 8.52. The highest BCUT2D eigenvalue weighted by atomic mass is 32.2. The normalized spacial score (nSPS) is 30.2. The summed E-state index contributed by atoms with van der Waals surface area (Å²) in [4.78, 5) is 24.0. The Labute approximate surface area is 201 Å². The number of hydrogen-bond acceptors (Lipinski definition) is 5. The van der Waals surface area contributed by atoms with Crippen LogP contribution in [0, 0.1) is 23.5 Å². The minimum Gasteiger partial charge on any atom is -0.304 e. The fraction of sp³-hybridized carbons (Fsp3) is 0.400. The molecular weight excluding hydrogens is 458 g/mol. The first kappa shape index (κ1) is 23.0. The molecule has 0 radical (unpaired) electrons. The van der Waals surface area contributed by atoms with Crippen LogP contribution in [0.15, 0.2) is 53.6 Å². The molecule has 2 heterocycles. The van der Waals surface area contributed by atoms with E-state index < -0.39 is 4.87 Å². The molecule has 1 aliphatic carbocycles. The van der Waals surface area contributed by atoms with E-state index in [0.29, 0.717) is 5.17 Å². The van der Waals surface area contributed by atoms with E-state index in [1.807, 2.05) is 12.1 Å². The number of carbonyl (C=O) groups is 2. The lowest BCUT2D eigenvalue weighted by molar-refractivity contribution is -0.140. The molecule has 2 N–H and O–H groups in total. The fourth-order valence-electron chi connectivity index (χ4n) is 5.91. The van der Waals surface area contributed by atoms with Crippen LogP contribution in [0.3, 0.4) is 0 Å². The second-order valence-corrected chi connectivity index (χ2v) is 10.4. The van der Waals surface area contributed by atoms with Gasteiger partial charge >= 0.3 is 0 Å². The van der Waals surface area contributed by atoms with Gasteiger partial charge in [-0.15, -0.1) is 5.10 Å². The van der Waals surface area contributed by atoms with Gasteiger partial charge in [-0.3, -0.25) is 9.59 Å². The zero-order valence-corrected chi connectivity index (χ0v) is 19.7. The van der Waals surface area contributed by atoms with E-state index in [-0.39, 0.29) is 47.4 Å². The van der Waals surface area contributed by atoms with E-state index >= 15 is 0 Å². The molecule has 2 aromatic rings. The third-order valence-electron chi connectivity index (χ3n) is 7.04. The third kappa shape index (κ3) is 3.80. The van der Waals surface area contributed by atoms with Crippen molar-refractivity contribution in [3.8, 4) is 0 Å². The summed E-state index contributed by atoms with van der Waals surface area (Å²) >= 11 is 1.39. The van der Waals surface area contributed by atoms with Gasteiger partial charge in [0.25, 0.3) is 0 Å². The van der Waals surface area contributed by atoms with E-state index in [1.165, 1.54) is 54.9 Å². The summed E-state index contributed by atoms with van der Waals surface area (Å²) in [5.41, 5.74) is 1.53. The SMILES string of the molecule is CC(=O)NC1=NN(C(C)=O)C2(S1)C1CCCC2C(c2cccc(F)c2)NC1c1cccc(F)c1. The van der Waals surface area contributed by atoms with Crippen LogP contribution in [0.2, 0.25) is 0 Å². The Morgan fingerprint density at radius 2 is 1.59 bits per heavy atom. The van der Waals surface area contributed by atoms with Gasteiger partial charge in [-0.2, -0.15) is 0 Å². The quantitative estimate of drug-likeness (QED) is 0.660. The van der Waals surface area contributed by atoms with Crippen LogP contribution in [-0.2, 0) is 9.59 Å². The molecule has 2 fully saturated rings. The van der Waals surface area contributed by atoms with Crippen molar-refractivity contribution in [3.05, 3.63) is 71.3 Å². The first-order valence-electron chi connectivity index (χ1n) is 11.4. The van der Waals surface area contributed by atoms with Crippen LogP contribution in [0.25, 0.3) is 0 Å². The van der Waals surface area contributed by atoms with Crippen molar-refractivity contribution in [1.29, 1.82) is 0 Å². The summed E-state index contributed by atoms with van der Waals surface area (Å²) in [6.07, 6.45) is 2.50. The molecule has 6 nitrogen and oxygen atoms in total. The molecule has 1 saturated heterocycles. The van der Waals surface area contributed by atoms with Crippen molar-refractivity contribution >= 4 is 28.7 Å². The Bertz CT molecular complexity index is 1110. The maximum absolute atomic E-state index is 14.3. The molecule has 2 bridgehead atoms. The van der Waals surface area contributed by atoms with Crippen molar-refractivity contribution < 1.29 is 18.4 Å². The Morgan fingerprint density at radius 3 is 2.06 bits per heavy atom. The summed E-state index contributed by atoms with van der Waals surface area (Å²) in [7, 11) is 0. The van der Waals surface area contributed by atoms with Crippen molar-refractivity contribution in [3.63, 3.8) is 0 Å². The number of thioether (sulfide) groups is 1. The van der Waals surface area contributed by atoms with Gasteiger partial charge in [0, 0.05) is 37.8 Å². The molecule has 5 rings (SSSR count). The summed E-state index contributed by atoms with van der Waals surface area (Å²) in [5.74, 6) is -1.40. The van der Waals surface area contributed by atoms with Gasteiger partial charge in [-0.25, -0.2) is 13.8 Å². The number of nitrogens with zero attached hydrogens (tertiary/aromatic N) is 2. The van der Waals surface area contributed by atoms with Gasteiger partial charge in [0.05, 0.1) is 0 Å². The Kier molecular flexibility index (Phi) is 5.93. The highest BCUT2D eigenvalue weighted by molar-refractivity contribution is 8.15. The van der Waals surface area contributed by atoms with Crippen LogP contribution in [0.1, 0.15) is 56.3 Å². The highest BCUT2D eigenvalue weighted by Crippen LogP contribution is 2.62. The fourth-order valence-corrected chi connectivity index (χ4v) is 7.60. The minimum absolute atomic E-state index is 0.109. The molecule has 4 atom stereocenters. The number of halogens is 2. The van der Waals surface area contributed by atoms with Gasteiger partial charge < -0.3 is 10.6 Å². The van der Waals surface area contributed by atoms with Crippen molar-refractivity contribution in [2.75, 3.05) is 0 Å². The number of benzene rings is 2. The number of hydrazone groups is 1. The molecule has 1 saturated carbocycles. The molecule has 1 spiro atoms. The maximum Gasteiger partial charge on any atom is 0.240 e. The van der Waals surface area contributed by atoms with E-state index in [9.17, 15) is 18.4 Å². The van der Waals surface area contributed by atoms with Crippen LogP contribution < -0.4 is 10.6 Å². The smallest absolute Gasteiger partial charge is 0.240 e. The van der Waals surface area contributed by atoms with Crippen molar-refractivity contribution in [2.45, 2.75) is 50.1 Å². The summed E-state index contributed by atoms with van der Waals surface area (Å²) in [6, 6.07) is 12.3. The zero-order valence-electron chi connectivity index (χ0n) is 18.9. The number of rotatable bonds is 2. The number of piperidine rings is 1. The van der Waals surface area contributed by atoms with Gasteiger partial charge in [-0.05, 0) is 48.2 Å². The average molecular weight is 485 g/mol. The predicted molar refractivity (Wildman–Crippen MR) is 126 cm³/mol. The lowest BCUT2D eigenvalue weighted by atomic mass is 9.64. The minimum atomic E-state index is -0.804. The van der Waals surface area contributed by atoms with E-state index in [4.69, 9.17) is 0 Å². The summed E-state index contributed by atoms with van der Waals surface area (Å²) in [5, 5.41) is 12.9. The van der Waals surface area contributed by atoms with Gasteiger partial charge in [0.2, 0.25) is 11.8 Å². The monoisotopic (exact) mass is 484 g/mol. The summed E-state index contributed by atoms with van der Waals surface area (Å²) < 4.78 is 28.6. The molecule has 2 aromatic carbocycles. The van der Waals surface area contributed by atoms with Gasteiger partial charge in [-0.1, -0.05) is 42.4 Å². The molecular formula is C25H26F2N4O2S. The predicted octanol–water partition coefficient (Wildman–Crippen LogP) is 4.47. The van der Waals surface area contributed by atoms with Gasteiger partial charge in [0.15, 0.2) is 5.17 Å². The lowest BCUT2D eigenvalue weighted by Gasteiger charge is -2.59. The number of hydrogen-bond donors (Lipinski definition) is 2. The molecule has 3 aliphatic rings. The largest absolute Gasteiger partial charge is 0.304 e. The van der Waals surface area contributed by atoms with Crippen LogP contribution in [0.4, 0.5) is 8.78 Å². The number of amidine groups is 1. The topological polar surface area (TPSA) is 73.8 Å². The molecule has 0 aromatic heterocycles. The molecule has 178 valence electrons. The molecule has 34 heavy (non-hydrogen) atoms. The van der Waals surface area contributed by atoms with E-state index in [2.05, 4.69) is 15.7 Å². The van der Waals surface area contributed by atoms with Crippen LogP contribution in [0.5, 0.6) is 0 Å². The van der Waals surface area contributed by atoms with Crippen molar-refractivity contribution in [2.24, 2.45) is 16.9 Å². The molecule has 2 aliphatic heterocycles. The molecule has 2 amide bonds. The molecule has 4 unspecified atom stereocenters. The van der Waals surface area contributed by atoms with E-state index in [1.54, 1.807) is 12.1 Å². The first-order valence-corrected chi connectivity index (χ1v) is 12.2. The van der Waals surface area contributed by atoms with Gasteiger partial charge in [0.1, 0.15) is 16.5 Å². The highest BCUT2D eigenvalue weighted by Gasteiger charge is 2.64. The Morgan fingerprint density at radius 1 is 1.03 bits per heavy atom. The Balaban J connectivity index is 1.68. The second kappa shape index (κ2) is 8.78. The number of nitrogens with one attached hydrogen (secondary N) is 2. The zero-order chi connectivity index (χ0) is 24.0. The number of amides is 2. The van der Waals surface area contributed by atoms with E-state index in [0.717, 1.165) is 30.4 Å². The molecule has 9 heteroatoms. The van der Waals surface area contributed by atoms with Crippen molar-refractivity contribution in [1.82, 2.24) is 15.6 Å². The second-order valence-electron chi connectivity index (χ2n) is 9.15. The van der Waals surface area contributed by atoms with Crippen LogP contribution in [-0.4, -0.2) is 26.9 Å². The maximum atomic E-state index is 14.3. The summed E-state index contributed by atoms with van der Waals surface area (Å²) in [6.45, 7) is 2.87. The average Bonchev–Trinajstić information content (AvgIpc) is 3.12. The Hall–Kier alpha value is -2.78. The first-order chi connectivity index (χ1) is 16.3. The number of carbonyl (C=O) groups excluding carboxylic acids is 2.